The van der Waals surface area contributed by atoms with E-state index in [2.05, 4.69) is 0 Å². The van der Waals surface area contributed by atoms with Gasteiger partial charge in [-0.05, 0) is 36.4 Å². The Kier molecular flexibility index (Phi) is 6.69. The average molecular weight is 466 g/mol. The fraction of sp³-hybridized carbons (Fsp3) is 0.208. The van der Waals surface area contributed by atoms with Crippen molar-refractivity contribution in [2.75, 3.05) is 27.0 Å². The number of hydrogen-bond acceptors (Lipinski definition) is 7. The van der Waals surface area contributed by atoms with Gasteiger partial charge in [0.1, 0.15) is 17.3 Å². The second-order valence-electron chi connectivity index (χ2n) is 7.21. The molecule has 9 heteroatoms. The van der Waals surface area contributed by atoms with Crippen molar-refractivity contribution in [3.63, 3.8) is 0 Å². The summed E-state index contributed by atoms with van der Waals surface area (Å²) in [6, 6.07) is 15.9. The minimum absolute atomic E-state index is 0.0915. The zero-order chi connectivity index (χ0) is 23.4. The molecule has 0 unspecified atom stereocenters. The third-order valence-corrected chi connectivity index (χ3v) is 6.02. The molecule has 0 saturated carbocycles. The van der Waals surface area contributed by atoms with Gasteiger partial charge in [0.05, 0.1) is 49.4 Å². The molecule has 0 fully saturated rings. The number of methoxy groups -OCH3 is 2. The molecule has 1 amide bonds. The minimum atomic E-state index is -0.258. The van der Waals surface area contributed by atoms with Crippen molar-refractivity contribution >= 4 is 28.6 Å². The molecular weight excluding hydrogens is 442 g/mol. The van der Waals surface area contributed by atoms with E-state index in [-0.39, 0.29) is 17.2 Å². The number of carbonyl (C=O) groups excluding carboxylic acids is 1. The maximum Gasteiger partial charge on any atom is 0.266 e. The van der Waals surface area contributed by atoms with Crippen LogP contribution in [0.1, 0.15) is 5.76 Å². The van der Waals surface area contributed by atoms with E-state index in [1.54, 1.807) is 67.8 Å². The fourth-order valence-corrected chi connectivity index (χ4v) is 4.30. The average Bonchev–Trinajstić information content (AvgIpc) is 3.35. The number of nitrogens with zero attached hydrogens (tertiary/aromatic N) is 3. The zero-order valence-corrected chi connectivity index (χ0v) is 19.3. The fourth-order valence-electron chi connectivity index (χ4n) is 3.35. The first-order valence-corrected chi connectivity index (χ1v) is 11.1. The molecule has 0 spiro atoms. The Bertz CT molecular complexity index is 1330. The van der Waals surface area contributed by atoms with E-state index in [0.717, 1.165) is 0 Å². The predicted molar refractivity (Wildman–Crippen MR) is 126 cm³/mol. The van der Waals surface area contributed by atoms with Crippen LogP contribution in [0.15, 0.2) is 75.2 Å². The van der Waals surface area contributed by atoms with Crippen LogP contribution in [-0.2, 0) is 11.3 Å². The first-order chi connectivity index (χ1) is 16.0. The van der Waals surface area contributed by atoms with E-state index < -0.39 is 0 Å². The van der Waals surface area contributed by atoms with Gasteiger partial charge in [-0.1, -0.05) is 23.9 Å². The van der Waals surface area contributed by atoms with Crippen molar-refractivity contribution in [2.24, 2.45) is 0 Å². The summed E-state index contributed by atoms with van der Waals surface area (Å²) in [6.45, 7) is 0.355. The summed E-state index contributed by atoms with van der Waals surface area (Å²) in [4.78, 5) is 32.5. The number of fused-ring (bicyclic) bond motifs is 1. The van der Waals surface area contributed by atoms with E-state index in [1.165, 1.54) is 23.4 Å². The third-order valence-electron chi connectivity index (χ3n) is 5.10. The van der Waals surface area contributed by atoms with Crippen molar-refractivity contribution in [1.29, 1.82) is 0 Å². The molecule has 0 N–H and O–H groups in total. The standard InChI is InChI=1S/C24H23N3O5S/c1-26(14-17-7-6-12-32-17)22(28)15-33-24-25-19-9-5-4-8-18(19)23(29)27(24)20-13-16(30-2)10-11-21(20)31-3/h4-13H,14-15H2,1-3H3. The van der Waals surface area contributed by atoms with Gasteiger partial charge in [-0.15, -0.1) is 0 Å². The van der Waals surface area contributed by atoms with Crippen LogP contribution < -0.4 is 15.0 Å². The summed E-state index contributed by atoms with van der Waals surface area (Å²) < 4.78 is 17.6. The van der Waals surface area contributed by atoms with Gasteiger partial charge < -0.3 is 18.8 Å². The Morgan fingerprint density at radius 2 is 1.94 bits per heavy atom. The Morgan fingerprint density at radius 3 is 2.67 bits per heavy atom. The van der Waals surface area contributed by atoms with Crippen LogP contribution in [0.4, 0.5) is 0 Å². The number of para-hydroxylation sites is 1. The van der Waals surface area contributed by atoms with Gasteiger partial charge in [-0.2, -0.15) is 0 Å². The first-order valence-electron chi connectivity index (χ1n) is 10.1. The molecule has 2 heterocycles. The Balaban J connectivity index is 1.73. The van der Waals surface area contributed by atoms with E-state index in [0.29, 0.717) is 45.6 Å². The molecule has 4 rings (SSSR count). The van der Waals surface area contributed by atoms with Crippen molar-refractivity contribution in [3.8, 4) is 17.2 Å². The highest BCUT2D eigenvalue weighted by Gasteiger charge is 2.19. The van der Waals surface area contributed by atoms with Crippen molar-refractivity contribution < 1.29 is 18.7 Å². The lowest BCUT2D eigenvalue weighted by Crippen LogP contribution is -2.28. The largest absolute Gasteiger partial charge is 0.497 e. The van der Waals surface area contributed by atoms with E-state index in [4.69, 9.17) is 18.9 Å². The van der Waals surface area contributed by atoms with Gasteiger partial charge in [0.15, 0.2) is 5.16 Å². The maximum absolute atomic E-state index is 13.5. The van der Waals surface area contributed by atoms with Crippen LogP contribution >= 0.6 is 11.8 Å². The van der Waals surface area contributed by atoms with E-state index in [9.17, 15) is 9.59 Å². The SMILES string of the molecule is COc1ccc(OC)c(-n2c(SCC(=O)N(C)Cc3ccco3)nc3ccccc3c2=O)c1. The number of hydrogen-bond donors (Lipinski definition) is 0. The smallest absolute Gasteiger partial charge is 0.266 e. The summed E-state index contributed by atoms with van der Waals surface area (Å²) in [5, 5.41) is 0.845. The number of amides is 1. The molecule has 8 nitrogen and oxygen atoms in total. The number of benzene rings is 2. The van der Waals surface area contributed by atoms with Gasteiger partial charge in [-0.25, -0.2) is 4.98 Å². The number of carbonyl (C=O) groups is 1. The highest BCUT2D eigenvalue weighted by molar-refractivity contribution is 7.99. The molecule has 0 bridgehead atoms. The molecule has 0 aliphatic heterocycles. The second-order valence-corrected chi connectivity index (χ2v) is 8.15. The van der Waals surface area contributed by atoms with Crippen LogP contribution in [0.5, 0.6) is 11.5 Å². The number of thioether (sulfide) groups is 1. The first kappa shape index (κ1) is 22.5. The maximum atomic E-state index is 13.5. The number of ether oxygens (including phenoxy) is 2. The second kappa shape index (κ2) is 9.83. The van der Waals surface area contributed by atoms with Gasteiger partial charge in [0.2, 0.25) is 5.91 Å². The van der Waals surface area contributed by atoms with Crippen LogP contribution in [0.2, 0.25) is 0 Å². The lowest BCUT2D eigenvalue weighted by molar-refractivity contribution is -0.127. The van der Waals surface area contributed by atoms with Crippen LogP contribution in [0.3, 0.4) is 0 Å². The highest BCUT2D eigenvalue weighted by atomic mass is 32.2. The summed E-state index contributed by atoms with van der Waals surface area (Å²) in [5.41, 5.74) is 0.782. The monoisotopic (exact) mass is 465 g/mol. The van der Waals surface area contributed by atoms with Gasteiger partial charge >= 0.3 is 0 Å². The third kappa shape index (κ3) is 4.73. The van der Waals surface area contributed by atoms with Gasteiger partial charge in [0, 0.05) is 13.1 Å². The lowest BCUT2D eigenvalue weighted by atomic mass is 10.2. The van der Waals surface area contributed by atoms with Crippen LogP contribution in [0.25, 0.3) is 16.6 Å². The molecular formula is C24H23N3O5S. The normalized spacial score (nSPS) is 10.9. The molecule has 0 aliphatic carbocycles. The van der Waals surface area contributed by atoms with Crippen molar-refractivity contribution in [1.82, 2.24) is 14.5 Å². The Hall–Kier alpha value is -3.72. The molecule has 2 aromatic carbocycles. The van der Waals surface area contributed by atoms with E-state index >= 15 is 0 Å². The van der Waals surface area contributed by atoms with Gasteiger partial charge in [-0.3, -0.25) is 14.2 Å². The zero-order valence-electron chi connectivity index (χ0n) is 18.5. The Labute approximate surface area is 194 Å². The van der Waals surface area contributed by atoms with Crippen molar-refractivity contribution in [2.45, 2.75) is 11.7 Å². The number of furan rings is 1. The molecule has 2 aromatic heterocycles. The molecule has 4 aromatic rings. The molecule has 170 valence electrons. The van der Waals surface area contributed by atoms with Gasteiger partial charge in [0.25, 0.3) is 5.56 Å². The quantitative estimate of drug-likeness (QED) is 0.289. The Morgan fingerprint density at radius 1 is 1.12 bits per heavy atom. The summed E-state index contributed by atoms with van der Waals surface area (Å²) >= 11 is 1.19. The van der Waals surface area contributed by atoms with Crippen LogP contribution in [0, 0.1) is 0 Å². The summed E-state index contributed by atoms with van der Waals surface area (Å²) in [5.74, 6) is 1.71. The predicted octanol–water partition coefficient (Wildman–Crippen LogP) is 3.75. The molecule has 33 heavy (non-hydrogen) atoms. The summed E-state index contributed by atoms with van der Waals surface area (Å²) in [6.07, 6.45) is 1.57. The molecule has 0 saturated heterocycles. The van der Waals surface area contributed by atoms with E-state index in [1.807, 2.05) is 12.1 Å². The summed E-state index contributed by atoms with van der Waals surface area (Å²) in [7, 11) is 4.79. The number of rotatable bonds is 8. The molecule has 0 aliphatic rings. The number of aromatic nitrogens is 2. The lowest BCUT2D eigenvalue weighted by Gasteiger charge is -2.18. The van der Waals surface area contributed by atoms with Crippen LogP contribution in [-0.4, -0.2) is 47.4 Å². The molecule has 0 radical (unpaired) electrons. The molecule has 0 atom stereocenters. The minimum Gasteiger partial charge on any atom is -0.497 e. The van der Waals surface area contributed by atoms with Crippen molar-refractivity contribution in [3.05, 3.63) is 77.0 Å². The topological polar surface area (TPSA) is 86.8 Å². The highest BCUT2D eigenvalue weighted by Crippen LogP contribution is 2.30.